The molecule has 11 nitrogen and oxygen atoms in total. The number of aromatic nitrogens is 1. The van der Waals surface area contributed by atoms with Gasteiger partial charge in [-0.3, -0.25) is 33.9 Å². The lowest BCUT2D eigenvalue weighted by Crippen LogP contribution is -2.32. The first-order valence-electron chi connectivity index (χ1n) is 11.8. The minimum absolute atomic E-state index is 0.187. The summed E-state index contributed by atoms with van der Waals surface area (Å²) in [4.78, 5) is 64.8. The Morgan fingerprint density at radius 2 is 1.77 bits per heavy atom. The summed E-state index contributed by atoms with van der Waals surface area (Å²) >= 11 is 1.89. The highest BCUT2D eigenvalue weighted by molar-refractivity contribution is 8.00. The molecule has 2 aliphatic heterocycles. The molecule has 1 N–H and O–H groups in total. The van der Waals surface area contributed by atoms with Crippen molar-refractivity contribution >= 4 is 57.9 Å². The maximum atomic E-state index is 13.7. The fourth-order valence-corrected chi connectivity index (χ4v) is 7.64. The summed E-state index contributed by atoms with van der Waals surface area (Å²) in [6.45, 7) is -0.370. The van der Waals surface area contributed by atoms with Crippen LogP contribution in [0.2, 0.25) is 0 Å². The van der Waals surface area contributed by atoms with Crippen LogP contribution in [-0.4, -0.2) is 32.5 Å². The summed E-state index contributed by atoms with van der Waals surface area (Å²) in [5.74, 6) is -3.36. The molecule has 2 aliphatic rings. The average Bonchev–Trinajstić information content (AvgIpc) is 3.63. The van der Waals surface area contributed by atoms with Crippen molar-refractivity contribution in [1.29, 1.82) is 0 Å². The van der Waals surface area contributed by atoms with Gasteiger partial charge in [0, 0.05) is 17.8 Å². The van der Waals surface area contributed by atoms with Crippen LogP contribution in [0.15, 0.2) is 81.2 Å². The average molecular weight is 581 g/mol. The summed E-state index contributed by atoms with van der Waals surface area (Å²) in [5, 5.41) is 13.1. The van der Waals surface area contributed by atoms with Gasteiger partial charge in [0.15, 0.2) is 0 Å². The molecular formula is C26H17FN4O7S2. The zero-order chi connectivity index (χ0) is 28.1. The summed E-state index contributed by atoms with van der Waals surface area (Å²) in [6, 6.07) is 13.6. The predicted molar refractivity (Wildman–Crippen MR) is 143 cm³/mol. The quantitative estimate of drug-likeness (QED) is 0.205. The number of amides is 3. The predicted octanol–water partition coefficient (Wildman–Crippen LogP) is 3.98. The molecule has 3 amide bonds. The second-order valence-electron chi connectivity index (χ2n) is 9.02. The number of halogens is 1. The molecule has 4 aromatic rings. The van der Waals surface area contributed by atoms with Gasteiger partial charge in [0.1, 0.15) is 23.4 Å². The normalized spacial score (nSPS) is 19.8. The molecule has 0 radical (unpaired) electrons. The molecule has 202 valence electrons. The number of carbonyl (C=O) groups is 3. The van der Waals surface area contributed by atoms with Crippen molar-refractivity contribution < 1.29 is 28.1 Å². The lowest BCUT2D eigenvalue weighted by Gasteiger charge is -2.29. The van der Waals surface area contributed by atoms with Crippen LogP contribution in [-0.2, 0) is 20.9 Å². The molecule has 2 aromatic heterocycles. The van der Waals surface area contributed by atoms with Gasteiger partial charge < -0.3 is 9.73 Å². The number of nitro groups is 1. The summed E-state index contributed by atoms with van der Waals surface area (Å²) in [6.07, 6.45) is 1.43. The van der Waals surface area contributed by atoms with Crippen molar-refractivity contribution in [2.24, 2.45) is 5.92 Å². The monoisotopic (exact) mass is 580 g/mol. The number of hydrogen-bond donors (Lipinski definition) is 1. The number of imide groups is 1. The third kappa shape index (κ3) is 4.30. The molecule has 0 aliphatic carbocycles. The number of nitro benzene ring substituents is 1. The fourth-order valence-electron chi connectivity index (χ4n) is 4.89. The first-order valence-corrected chi connectivity index (χ1v) is 13.5. The molecule has 0 saturated carbocycles. The summed E-state index contributed by atoms with van der Waals surface area (Å²) < 4.78 is 20.1. The Morgan fingerprint density at radius 3 is 2.42 bits per heavy atom. The van der Waals surface area contributed by atoms with Crippen molar-refractivity contribution in [2.45, 2.75) is 22.7 Å². The van der Waals surface area contributed by atoms with Gasteiger partial charge in [0.25, 0.3) is 5.69 Å². The van der Waals surface area contributed by atoms with Crippen LogP contribution in [0.4, 0.5) is 21.5 Å². The number of thiazole rings is 1. The highest BCUT2D eigenvalue weighted by atomic mass is 32.2. The van der Waals surface area contributed by atoms with E-state index in [1.54, 1.807) is 12.1 Å². The van der Waals surface area contributed by atoms with Gasteiger partial charge in [-0.05, 0) is 48.5 Å². The van der Waals surface area contributed by atoms with Gasteiger partial charge >= 0.3 is 4.87 Å². The molecule has 6 rings (SSSR count). The SMILES string of the molecule is O=C(Cn1c2c(sc1=O)[C@@H](c1ccco1)[C@@H]1C(=O)N(c3ccc([N+](=O)[O-])cc3)C(=O)[C@@H]1S2)Nc1ccc(F)cc1. The van der Waals surface area contributed by atoms with Crippen LogP contribution in [0.1, 0.15) is 16.6 Å². The van der Waals surface area contributed by atoms with Crippen LogP contribution in [0.25, 0.3) is 0 Å². The molecule has 0 bridgehead atoms. The Hall–Kier alpha value is -4.56. The number of hydrogen-bond acceptors (Lipinski definition) is 9. The first-order chi connectivity index (χ1) is 19.2. The number of furan rings is 1. The van der Waals surface area contributed by atoms with E-state index >= 15 is 0 Å². The van der Waals surface area contributed by atoms with E-state index in [4.69, 9.17) is 4.42 Å². The molecule has 14 heteroatoms. The van der Waals surface area contributed by atoms with Crippen LogP contribution < -0.4 is 15.1 Å². The van der Waals surface area contributed by atoms with Gasteiger partial charge in [-0.25, -0.2) is 9.29 Å². The van der Waals surface area contributed by atoms with Crippen molar-refractivity contribution in [3.05, 3.63) is 103 Å². The minimum Gasteiger partial charge on any atom is -0.469 e. The molecule has 3 atom stereocenters. The van der Waals surface area contributed by atoms with Gasteiger partial charge in [-0.1, -0.05) is 23.1 Å². The maximum Gasteiger partial charge on any atom is 0.308 e. The largest absolute Gasteiger partial charge is 0.469 e. The van der Waals surface area contributed by atoms with E-state index in [0.29, 0.717) is 21.4 Å². The zero-order valence-electron chi connectivity index (χ0n) is 20.2. The minimum atomic E-state index is -0.939. The third-order valence-electron chi connectivity index (χ3n) is 6.65. The Kier molecular flexibility index (Phi) is 6.35. The number of anilines is 2. The number of nitrogens with one attached hydrogen (secondary N) is 1. The van der Waals surface area contributed by atoms with Gasteiger partial charge in [-0.15, -0.1) is 0 Å². The molecule has 0 unspecified atom stereocenters. The summed E-state index contributed by atoms with van der Waals surface area (Å²) in [7, 11) is 0. The first kappa shape index (κ1) is 25.7. The highest BCUT2D eigenvalue weighted by Crippen LogP contribution is 2.54. The van der Waals surface area contributed by atoms with Crippen molar-refractivity contribution in [3.8, 4) is 0 Å². The summed E-state index contributed by atoms with van der Waals surface area (Å²) in [5.41, 5.74) is 0.349. The molecule has 2 aromatic carbocycles. The van der Waals surface area contributed by atoms with Crippen LogP contribution >= 0.6 is 23.1 Å². The van der Waals surface area contributed by atoms with Crippen molar-refractivity contribution in [1.82, 2.24) is 4.57 Å². The van der Waals surface area contributed by atoms with E-state index in [9.17, 15) is 33.7 Å². The molecule has 40 heavy (non-hydrogen) atoms. The Balaban J connectivity index is 1.36. The van der Waals surface area contributed by atoms with E-state index in [0.717, 1.165) is 28.0 Å². The van der Waals surface area contributed by atoms with E-state index < -0.39 is 50.4 Å². The Bertz CT molecular complexity index is 1720. The lowest BCUT2D eigenvalue weighted by molar-refractivity contribution is -0.384. The number of thioether (sulfide) groups is 1. The van der Waals surface area contributed by atoms with Crippen molar-refractivity contribution in [2.75, 3.05) is 10.2 Å². The Morgan fingerprint density at radius 1 is 1.05 bits per heavy atom. The van der Waals surface area contributed by atoms with Gasteiger partial charge in [0.2, 0.25) is 17.7 Å². The number of benzene rings is 2. The van der Waals surface area contributed by atoms with E-state index in [-0.39, 0.29) is 17.9 Å². The van der Waals surface area contributed by atoms with Crippen molar-refractivity contribution in [3.63, 3.8) is 0 Å². The van der Waals surface area contributed by atoms with E-state index in [1.807, 2.05) is 0 Å². The van der Waals surface area contributed by atoms with E-state index in [2.05, 4.69) is 5.32 Å². The number of nitrogens with zero attached hydrogens (tertiary/aromatic N) is 3. The van der Waals surface area contributed by atoms with Crippen LogP contribution in [0.3, 0.4) is 0 Å². The lowest BCUT2D eigenvalue weighted by atomic mass is 9.87. The van der Waals surface area contributed by atoms with Gasteiger partial charge in [-0.2, -0.15) is 0 Å². The Labute approximate surface area is 232 Å². The number of carbonyl (C=O) groups excluding carboxylic acids is 3. The molecular weight excluding hydrogens is 563 g/mol. The van der Waals surface area contributed by atoms with Gasteiger partial charge in [0.05, 0.1) is 38.6 Å². The van der Waals surface area contributed by atoms with Crippen LogP contribution in [0, 0.1) is 21.8 Å². The number of non-ortho nitro benzene ring substituents is 1. The topological polar surface area (TPSA) is 145 Å². The molecule has 1 saturated heterocycles. The standard InChI is InChI=1S/C26H17FN4O7S2/c27-13-3-5-14(6-4-13)28-18(32)12-29-25-22(40-26(29)35)19(17-2-1-11-38-17)20-21(39-25)24(34)30(23(20)33)15-7-9-16(10-8-15)31(36)37/h1-11,19-21H,12H2,(H,28,32)/t19-,20-,21+/m0/s1. The molecule has 1 fully saturated rings. The molecule has 0 spiro atoms. The maximum absolute atomic E-state index is 13.7. The number of rotatable bonds is 6. The fraction of sp³-hybridized carbons (Fsp3) is 0.154. The van der Waals surface area contributed by atoms with Crippen LogP contribution in [0.5, 0.6) is 0 Å². The zero-order valence-corrected chi connectivity index (χ0v) is 21.8. The molecule has 4 heterocycles. The second-order valence-corrected chi connectivity index (χ2v) is 11.1. The third-order valence-corrected chi connectivity index (χ3v) is 9.25. The smallest absolute Gasteiger partial charge is 0.308 e. The van der Waals surface area contributed by atoms with E-state index in [1.165, 1.54) is 59.4 Å². The second kappa shape index (κ2) is 9.88. The highest BCUT2D eigenvalue weighted by Gasteiger charge is 2.57. The number of fused-ring (bicyclic) bond motifs is 2.